The van der Waals surface area contributed by atoms with Gasteiger partial charge in [-0.05, 0) is 6.42 Å². The minimum atomic E-state index is -3.39. The number of hydrogen-bond donors (Lipinski definition) is 1. The van der Waals surface area contributed by atoms with E-state index < -0.39 is 16.0 Å². The molecule has 0 fully saturated rings. The maximum Gasteiger partial charge on any atom is 0.305 e. The lowest BCUT2D eigenvalue weighted by molar-refractivity contribution is -0.140. The third-order valence-corrected chi connectivity index (χ3v) is 5.12. The summed E-state index contributed by atoms with van der Waals surface area (Å²) in [6, 6.07) is 0. The molecule has 0 radical (unpaired) electrons. The van der Waals surface area contributed by atoms with Crippen LogP contribution in [0, 0.1) is 5.92 Å². The third kappa shape index (κ3) is 6.84. The van der Waals surface area contributed by atoms with Crippen molar-refractivity contribution in [2.75, 3.05) is 26.0 Å². The Morgan fingerprint density at radius 2 is 2.05 bits per heavy atom. The van der Waals surface area contributed by atoms with Gasteiger partial charge in [0, 0.05) is 25.4 Å². The lowest BCUT2D eigenvalue weighted by Gasteiger charge is -2.23. The van der Waals surface area contributed by atoms with Crippen molar-refractivity contribution >= 4 is 33.2 Å². The number of nitrogens with two attached hydrogens (primary N) is 1. The van der Waals surface area contributed by atoms with Gasteiger partial charge in [-0.2, -0.15) is 0 Å². The molecule has 1 unspecified atom stereocenters. The first-order chi connectivity index (χ1) is 8.74. The molecule has 0 bridgehead atoms. The second kappa shape index (κ2) is 8.44. The Bertz CT molecular complexity index is 409. The van der Waals surface area contributed by atoms with E-state index in [9.17, 15) is 13.2 Å². The Balaban J connectivity index is 4.49. The highest BCUT2D eigenvalue weighted by molar-refractivity contribution is 7.89. The van der Waals surface area contributed by atoms with Gasteiger partial charge in [0.25, 0.3) is 0 Å². The van der Waals surface area contributed by atoms with Gasteiger partial charge in [-0.15, -0.1) is 0 Å². The molecule has 0 aromatic carbocycles. The van der Waals surface area contributed by atoms with E-state index in [1.807, 2.05) is 0 Å². The number of thiocarbonyl (C=S) groups is 1. The van der Waals surface area contributed by atoms with Gasteiger partial charge in [-0.25, -0.2) is 12.7 Å². The smallest absolute Gasteiger partial charge is 0.305 e. The van der Waals surface area contributed by atoms with E-state index >= 15 is 0 Å². The highest BCUT2D eigenvalue weighted by Gasteiger charge is 2.23. The van der Waals surface area contributed by atoms with E-state index in [-0.39, 0.29) is 31.1 Å². The predicted octanol–water partition coefficient (Wildman–Crippen LogP) is 0.514. The summed E-state index contributed by atoms with van der Waals surface area (Å²) in [5.41, 5.74) is 5.49. The molecule has 0 aliphatic carbocycles. The summed E-state index contributed by atoms with van der Waals surface area (Å²) in [5.74, 6) is -0.667. The number of carbonyl (C=O) groups is 1. The van der Waals surface area contributed by atoms with Crippen LogP contribution in [0.3, 0.4) is 0 Å². The molecular formula is C11H22N2O4S2. The number of esters is 1. The summed E-state index contributed by atoms with van der Waals surface area (Å²) < 4.78 is 30.0. The zero-order valence-corrected chi connectivity index (χ0v) is 13.2. The van der Waals surface area contributed by atoms with Crippen LogP contribution in [-0.2, 0) is 19.6 Å². The summed E-state index contributed by atoms with van der Waals surface area (Å²) >= 11 is 4.84. The molecule has 0 heterocycles. The second-order valence-electron chi connectivity index (χ2n) is 4.25. The topological polar surface area (TPSA) is 89.7 Å². The van der Waals surface area contributed by atoms with Gasteiger partial charge in [-0.1, -0.05) is 26.1 Å². The highest BCUT2D eigenvalue weighted by atomic mass is 32.2. The molecule has 6 nitrogen and oxygen atoms in total. The maximum absolute atomic E-state index is 12.1. The molecule has 0 amide bonds. The number of sulfonamides is 1. The average Bonchev–Trinajstić information content (AvgIpc) is 2.34. The third-order valence-electron chi connectivity index (χ3n) is 2.72. The van der Waals surface area contributed by atoms with Gasteiger partial charge in [0.15, 0.2) is 0 Å². The Morgan fingerprint density at radius 1 is 1.47 bits per heavy atom. The predicted molar refractivity (Wildman–Crippen MR) is 78.2 cm³/mol. The summed E-state index contributed by atoms with van der Waals surface area (Å²) in [6.07, 6.45) is 0.338. The summed E-state index contributed by atoms with van der Waals surface area (Å²) in [7, 11) is -2.12. The van der Waals surface area contributed by atoms with Gasteiger partial charge in [0.05, 0.1) is 17.9 Å². The Morgan fingerprint density at radius 3 is 2.47 bits per heavy atom. The van der Waals surface area contributed by atoms with E-state index in [0.29, 0.717) is 11.5 Å². The van der Waals surface area contributed by atoms with Crippen molar-refractivity contribution in [1.29, 1.82) is 0 Å². The van der Waals surface area contributed by atoms with Crippen LogP contribution >= 0.6 is 12.2 Å². The van der Waals surface area contributed by atoms with E-state index in [4.69, 9.17) is 18.0 Å². The van der Waals surface area contributed by atoms with Gasteiger partial charge in [0.1, 0.15) is 0 Å². The normalized spacial score (nSPS) is 13.3. The number of rotatable bonds is 9. The van der Waals surface area contributed by atoms with Crippen LogP contribution in [0.2, 0.25) is 0 Å². The van der Waals surface area contributed by atoms with Crippen LogP contribution in [-0.4, -0.2) is 49.6 Å². The number of methoxy groups -OCH3 is 1. The van der Waals surface area contributed by atoms with Crippen molar-refractivity contribution in [2.24, 2.45) is 11.7 Å². The van der Waals surface area contributed by atoms with E-state index in [1.165, 1.54) is 11.4 Å². The van der Waals surface area contributed by atoms with Crippen LogP contribution in [0.15, 0.2) is 0 Å². The van der Waals surface area contributed by atoms with Crippen LogP contribution < -0.4 is 5.73 Å². The average molecular weight is 310 g/mol. The molecule has 0 aliphatic heterocycles. The molecule has 0 saturated carbocycles. The molecule has 0 spiro atoms. The molecule has 112 valence electrons. The maximum atomic E-state index is 12.1. The molecule has 2 N–H and O–H groups in total. The van der Waals surface area contributed by atoms with Crippen LogP contribution in [0.4, 0.5) is 0 Å². The van der Waals surface area contributed by atoms with Crippen molar-refractivity contribution in [3.05, 3.63) is 0 Å². The zero-order chi connectivity index (χ0) is 15.1. The van der Waals surface area contributed by atoms with Crippen molar-refractivity contribution in [3.8, 4) is 0 Å². The van der Waals surface area contributed by atoms with Crippen LogP contribution in [0.25, 0.3) is 0 Å². The van der Waals surface area contributed by atoms with E-state index in [1.54, 1.807) is 13.8 Å². The lowest BCUT2D eigenvalue weighted by atomic mass is 10.2. The lowest BCUT2D eigenvalue weighted by Crippen LogP contribution is -2.39. The van der Waals surface area contributed by atoms with Gasteiger partial charge in [-0.3, -0.25) is 4.79 Å². The van der Waals surface area contributed by atoms with Crippen molar-refractivity contribution in [2.45, 2.75) is 26.7 Å². The Hall–Kier alpha value is -0.730. The van der Waals surface area contributed by atoms with Crippen molar-refractivity contribution < 1.29 is 17.9 Å². The van der Waals surface area contributed by atoms with E-state index in [2.05, 4.69) is 4.74 Å². The molecule has 1 atom stereocenters. The fourth-order valence-corrected chi connectivity index (χ4v) is 3.15. The summed E-state index contributed by atoms with van der Waals surface area (Å²) in [4.78, 5) is 11.2. The van der Waals surface area contributed by atoms with Crippen LogP contribution in [0.5, 0.6) is 0 Å². The monoisotopic (exact) mass is 310 g/mol. The fraction of sp³-hybridized carbons (Fsp3) is 0.818. The van der Waals surface area contributed by atoms with Gasteiger partial charge < -0.3 is 10.5 Å². The standard InChI is InChI=1S/C11H22N2O4S2/c1-4-13(8-9(2)11(12)18)19(15,16)7-5-6-10(14)17-3/h9H,4-8H2,1-3H3,(H2,12,18). The first-order valence-corrected chi connectivity index (χ1v) is 8.10. The van der Waals surface area contributed by atoms with Crippen molar-refractivity contribution in [3.63, 3.8) is 0 Å². The second-order valence-corrected chi connectivity index (χ2v) is 6.81. The molecule has 19 heavy (non-hydrogen) atoms. The SMILES string of the molecule is CCN(CC(C)C(N)=S)S(=O)(=O)CCCC(=O)OC. The molecule has 0 aromatic heterocycles. The highest BCUT2D eigenvalue weighted by Crippen LogP contribution is 2.09. The number of carbonyl (C=O) groups excluding carboxylic acids is 1. The fourth-order valence-electron chi connectivity index (χ4n) is 1.46. The van der Waals surface area contributed by atoms with E-state index in [0.717, 1.165) is 0 Å². The largest absolute Gasteiger partial charge is 0.469 e. The van der Waals surface area contributed by atoms with Gasteiger partial charge in [0.2, 0.25) is 10.0 Å². The molecule has 8 heteroatoms. The minimum absolute atomic E-state index is 0.0833. The zero-order valence-electron chi connectivity index (χ0n) is 11.6. The Labute approximate surface area is 120 Å². The van der Waals surface area contributed by atoms with Gasteiger partial charge >= 0.3 is 5.97 Å². The summed E-state index contributed by atoms with van der Waals surface area (Å²) in [6.45, 7) is 4.17. The molecule has 0 aliphatic rings. The Kier molecular flexibility index (Phi) is 8.12. The molecule has 0 saturated heterocycles. The molecule has 0 aromatic rings. The number of nitrogens with zero attached hydrogens (tertiary/aromatic N) is 1. The summed E-state index contributed by atoms with van der Waals surface area (Å²) in [5, 5.41) is 0. The number of ether oxygens (including phenoxy) is 1. The van der Waals surface area contributed by atoms with Crippen molar-refractivity contribution in [1.82, 2.24) is 4.31 Å². The number of hydrogen-bond acceptors (Lipinski definition) is 5. The first-order valence-electron chi connectivity index (χ1n) is 6.08. The van der Waals surface area contributed by atoms with Crippen LogP contribution in [0.1, 0.15) is 26.7 Å². The minimum Gasteiger partial charge on any atom is -0.469 e. The quantitative estimate of drug-likeness (QED) is 0.493. The molecular weight excluding hydrogens is 288 g/mol. The first kappa shape index (κ1) is 18.3. The molecule has 0 rings (SSSR count).